The Bertz CT molecular complexity index is 522. The summed E-state index contributed by atoms with van der Waals surface area (Å²) in [6, 6.07) is 2.12. The molecule has 2 aliphatic rings. The summed E-state index contributed by atoms with van der Waals surface area (Å²) >= 11 is 0. The summed E-state index contributed by atoms with van der Waals surface area (Å²) in [5.41, 5.74) is 8.92. The van der Waals surface area contributed by atoms with Crippen LogP contribution in [0.2, 0.25) is 0 Å². The second kappa shape index (κ2) is 4.69. The Morgan fingerprint density at radius 3 is 2.70 bits per heavy atom. The Morgan fingerprint density at radius 1 is 1.35 bits per heavy atom. The lowest BCUT2D eigenvalue weighted by Crippen LogP contribution is -2.52. The lowest BCUT2D eigenvalue weighted by atomic mass is 9.70. The van der Waals surface area contributed by atoms with Gasteiger partial charge in [-0.2, -0.15) is 0 Å². The fourth-order valence-corrected chi connectivity index (χ4v) is 3.37. The van der Waals surface area contributed by atoms with Gasteiger partial charge in [0, 0.05) is 19.1 Å². The molecule has 5 nitrogen and oxygen atoms in total. The quantitative estimate of drug-likeness (QED) is 0.893. The smallest absolute Gasteiger partial charge is 0.179 e. The van der Waals surface area contributed by atoms with E-state index in [0.717, 1.165) is 24.1 Å². The van der Waals surface area contributed by atoms with E-state index in [4.69, 9.17) is 19.9 Å². The van der Waals surface area contributed by atoms with Crippen molar-refractivity contribution in [3.05, 3.63) is 22.9 Å². The highest BCUT2D eigenvalue weighted by atomic mass is 16.7. The number of hydrogen-bond donors (Lipinski definition) is 1. The fourth-order valence-electron chi connectivity index (χ4n) is 3.37. The Balaban J connectivity index is 2.06. The van der Waals surface area contributed by atoms with Crippen LogP contribution in [0.3, 0.4) is 0 Å². The van der Waals surface area contributed by atoms with Crippen molar-refractivity contribution >= 4 is 5.82 Å². The number of ether oxygens (including phenoxy) is 3. The standard InChI is InChI=1S/C15H22N2O3/c1-14(2)12-10(4-5-15(14)19-6-7-20-15)8-11(9-18-3)13(16)17-12/h8H,4-7,9H2,1-3H3,(H2,16,17). The molecule has 0 atom stereocenters. The molecule has 2 heterocycles. The summed E-state index contributed by atoms with van der Waals surface area (Å²) in [5, 5.41) is 0. The first-order valence-electron chi connectivity index (χ1n) is 7.06. The minimum Gasteiger partial charge on any atom is -0.383 e. The van der Waals surface area contributed by atoms with E-state index in [9.17, 15) is 0 Å². The van der Waals surface area contributed by atoms with E-state index in [0.29, 0.717) is 25.6 Å². The molecule has 1 fully saturated rings. The van der Waals surface area contributed by atoms with E-state index >= 15 is 0 Å². The van der Waals surface area contributed by atoms with Gasteiger partial charge in [-0.3, -0.25) is 0 Å². The maximum Gasteiger partial charge on any atom is 0.179 e. The number of methoxy groups -OCH3 is 1. The zero-order chi connectivity index (χ0) is 14.4. The number of nitrogens with zero attached hydrogens (tertiary/aromatic N) is 1. The van der Waals surface area contributed by atoms with Crippen LogP contribution in [0.5, 0.6) is 0 Å². The molecule has 0 bridgehead atoms. The Kier molecular flexibility index (Phi) is 3.23. The Labute approximate surface area is 119 Å². The lowest BCUT2D eigenvalue weighted by molar-refractivity contribution is -0.210. The zero-order valence-electron chi connectivity index (χ0n) is 12.4. The number of aryl methyl sites for hydroxylation is 1. The van der Waals surface area contributed by atoms with Crippen molar-refractivity contribution in [2.75, 3.05) is 26.1 Å². The third-order valence-electron chi connectivity index (χ3n) is 4.54. The first-order chi connectivity index (χ1) is 9.50. The van der Waals surface area contributed by atoms with Crippen molar-refractivity contribution in [1.82, 2.24) is 4.98 Å². The highest BCUT2D eigenvalue weighted by Crippen LogP contribution is 2.48. The van der Waals surface area contributed by atoms with Gasteiger partial charge in [0.1, 0.15) is 5.82 Å². The van der Waals surface area contributed by atoms with Crippen LogP contribution in [0.1, 0.15) is 37.1 Å². The van der Waals surface area contributed by atoms with E-state index < -0.39 is 5.79 Å². The highest BCUT2D eigenvalue weighted by Gasteiger charge is 2.54. The van der Waals surface area contributed by atoms with Crippen molar-refractivity contribution in [2.45, 2.75) is 44.5 Å². The molecule has 20 heavy (non-hydrogen) atoms. The number of fused-ring (bicyclic) bond motifs is 1. The average molecular weight is 278 g/mol. The summed E-state index contributed by atoms with van der Waals surface area (Å²) < 4.78 is 17.1. The molecule has 0 aromatic carbocycles. The molecule has 0 amide bonds. The molecule has 0 unspecified atom stereocenters. The normalized spacial score (nSPS) is 22.9. The molecule has 110 valence electrons. The molecule has 0 saturated carbocycles. The second-order valence-electron chi connectivity index (χ2n) is 6.05. The fraction of sp³-hybridized carbons (Fsp3) is 0.667. The second-order valence-corrected chi connectivity index (χ2v) is 6.05. The molecule has 1 saturated heterocycles. The minimum atomic E-state index is -0.553. The predicted octanol–water partition coefficient (Wildman–Crippen LogP) is 1.78. The van der Waals surface area contributed by atoms with Gasteiger partial charge >= 0.3 is 0 Å². The number of pyridine rings is 1. The topological polar surface area (TPSA) is 66.6 Å². The van der Waals surface area contributed by atoms with Crippen molar-refractivity contribution in [2.24, 2.45) is 0 Å². The van der Waals surface area contributed by atoms with E-state index in [1.165, 1.54) is 5.56 Å². The van der Waals surface area contributed by atoms with Gasteiger partial charge in [0.25, 0.3) is 0 Å². The maximum absolute atomic E-state index is 6.07. The SMILES string of the molecule is COCc1cc2c(nc1N)C(C)(C)C1(CC2)OCCO1. The molecule has 1 spiro atoms. The van der Waals surface area contributed by atoms with Crippen molar-refractivity contribution < 1.29 is 14.2 Å². The summed E-state index contributed by atoms with van der Waals surface area (Å²) in [7, 11) is 1.66. The molecular formula is C15H22N2O3. The number of aromatic nitrogens is 1. The van der Waals surface area contributed by atoms with Crippen molar-refractivity contribution in [3.8, 4) is 0 Å². The number of rotatable bonds is 2. The van der Waals surface area contributed by atoms with Crippen LogP contribution in [-0.4, -0.2) is 31.1 Å². The molecule has 1 aliphatic heterocycles. The van der Waals surface area contributed by atoms with Crippen molar-refractivity contribution in [1.29, 1.82) is 0 Å². The van der Waals surface area contributed by atoms with Crippen LogP contribution in [-0.2, 0) is 32.7 Å². The Hall–Kier alpha value is -1.17. The van der Waals surface area contributed by atoms with E-state index in [-0.39, 0.29) is 5.41 Å². The summed E-state index contributed by atoms with van der Waals surface area (Å²) in [4.78, 5) is 4.64. The summed E-state index contributed by atoms with van der Waals surface area (Å²) in [6.45, 7) is 6.04. The lowest BCUT2D eigenvalue weighted by Gasteiger charge is -2.46. The number of nitrogens with two attached hydrogens (primary N) is 1. The first kappa shape index (κ1) is 13.8. The molecule has 5 heteroatoms. The molecule has 1 aliphatic carbocycles. The minimum absolute atomic E-state index is 0.309. The van der Waals surface area contributed by atoms with Gasteiger partial charge in [0.15, 0.2) is 5.79 Å². The molecule has 3 rings (SSSR count). The van der Waals surface area contributed by atoms with E-state index in [1.807, 2.05) is 0 Å². The third kappa shape index (κ3) is 1.84. The molecule has 1 aromatic rings. The molecule has 0 radical (unpaired) electrons. The maximum atomic E-state index is 6.07. The van der Waals surface area contributed by atoms with Gasteiger partial charge in [0.05, 0.1) is 30.9 Å². The third-order valence-corrected chi connectivity index (χ3v) is 4.54. The van der Waals surface area contributed by atoms with Gasteiger partial charge < -0.3 is 19.9 Å². The van der Waals surface area contributed by atoms with Gasteiger partial charge in [-0.05, 0) is 31.9 Å². The summed E-state index contributed by atoms with van der Waals surface area (Å²) in [6.07, 6.45) is 1.74. The van der Waals surface area contributed by atoms with Gasteiger partial charge in [-0.25, -0.2) is 4.98 Å². The monoisotopic (exact) mass is 278 g/mol. The van der Waals surface area contributed by atoms with E-state index in [1.54, 1.807) is 7.11 Å². The van der Waals surface area contributed by atoms with Crippen LogP contribution < -0.4 is 5.73 Å². The highest BCUT2D eigenvalue weighted by molar-refractivity contribution is 5.47. The predicted molar refractivity (Wildman–Crippen MR) is 75.3 cm³/mol. The van der Waals surface area contributed by atoms with Gasteiger partial charge in [-0.1, -0.05) is 0 Å². The number of anilines is 1. The van der Waals surface area contributed by atoms with Crippen LogP contribution in [0.25, 0.3) is 0 Å². The first-order valence-corrected chi connectivity index (χ1v) is 7.06. The van der Waals surface area contributed by atoms with Gasteiger partial charge in [-0.15, -0.1) is 0 Å². The molecular weight excluding hydrogens is 256 g/mol. The van der Waals surface area contributed by atoms with E-state index in [2.05, 4.69) is 24.9 Å². The van der Waals surface area contributed by atoms with Crippen LogP contribution in [0.4, 0.5) is 5.82 Å². The van der Waals surface area contributed by atoms with Crippen LogP contribution >= 0.6 is 0 Å². The van der Waals surface area contributed by atoms with Crippen LogP contribution in [0, 0.1) is 0 Å². The van der Waals surface area contributed by atoms with Crippen LogP contribution in [0.15, 0.2) is 6.07 Å². The van der Waals surface area contributed by atoms with Crippen molar-refractivity contribution in [3.63, 3.8) is 0 Å². The number of nitrogen functional groups attached to an aromatic ring is 1. The van der Waals surface area contributed by atoms with Gasteiger partial charge in [0.2, 0.25) is 0 Å². The Morgan fingerprint density at radius 2 is 2.05 bits per heavy atom. The zero-order valence-corrected chi connectivity index (χ0v) is 12.4. The summed E-state index contributed by atoms with van der Waals surface area (Å²) in [5.74, 6) is -0.0175. The number of hydrogen-bond acceptors (Lipinski definition) is 5. The molecule has 2 N–H and O–H groups in total. The largest absolute Gasteiger partial charge is 0.383 e. The average Bonchev–Trinajstić information content (AvgIpc) is 2.88. The molecule has 1 aromatic heterocycles.